The fourth-order valence-corrected chi connectivity index (χ4v) is 5.58. The van der Waals surface area contributed by atoms with E-state index < -0.39 is 6.04 Å². The van der Waals surface area contributed by atoms with Crippen LogP contribution in [0, 0.1) is 0 Å². The summed E-state index contributed by atoms with van der Waals surface area (Å²) in [5, 5.41) is 10.4. The molecular weight excluding hydrogens is 414 g/mol. The molecule has 3 aromatic rings. The minimum atomic E-state index is -0.439. The molecule has 2 N–H and O–H groups in total. The average Bonchev–Trinajstić information content (AvgIpc) is 3.55. The molecule has 160 valence electrons. The monoisotopic (exact) mass is 437 g/mol. The fourth-order valence-electron chi connectivity index (χ4n) is 4.48. The third-order valence-electron chi connectivity index (χ3n) is 6.12. The van der Waals surface area contributed by atoms with Crippen molar-refractivity contribution >= 4 is 40.0 Å². The summed E-state index contributed by atoms with van der Waals surface area (Å²) in [6, 6.07) is 6.89. The number of thiophene rings is 1. The van der Waals surface area contributed by atoms with Crippen LogP contribution in [0.25, 0.3) is 10.9 Å². The zero-order valence-electron chi connectivity index (χ0n) is 17.2. The van der Waals surface area contributed by atoms with Crippen LogP contribution in [0.15, 0.2) is 30.5 Å². The molecule has 31 heavy (non-hydrogen) atoms. The van der Waals surface area contributed by atoms with Crippen molar-refractivity contribution in [3.05, 3.63) is 51.3 Å². The highest BCUT2D eigenvalue weighted by atomic mass is 32.1. The van der Waals surface area contributed by atoms with Crippen molar-refractivity contribution in [1.29, 1.82) is 0 Å². The minimum Gasteiger partial charge on any atom is -0.354 e. The van der Waals surface area contributed by atoms with Crippen LogP contribution in [0.4, 0.5) is 0 Å². The van der Waals surface area contributed by atoms with E-state index in [2.05, 4.69) is 15.5 Å². The van der Waals surface area contributed by atoms with E-state index in [1.165, 1.54) is 11.3 Å². The Morgan fingerprint density at radius 3 is 2.94 bits per heavy atom. The van der Waals surface area contributed by atoms with Crippen molar-refractivity contribution < 1.29 is 14.4 Å². The normalized spacial score (nSPS) is 18.3. The van der Waals surface area contributed by atoms with Gasteiger partial charge < -0.3 is 15.1 Å². The van der Waals surface area contributed by atoms with E-state index in [-0.39, 0.29) is 17.7 Å². The van der Waals surface area contributed by atoms with E-state index in [9.17, 15) is 14.4 Å². The molecule has 1 saturated heterocycles. The molecule has 1 aromatic carbocycles. The van der Waals surface area contributed by atoms with Gasteiger partial charge in [-0.15, -0.1) is 11.3 Å². The molecule has 0 bridgehead atoms. The predicted octanol–water partition coefficient (Wildman–Crippen LogP) is 2.17. The summed E-state index contributed by atoms with van der Waals surface area (Å²) in [4.78, 5) is 43.9. The number of hydrogen-bond donors (Lipinski definition) is 2. The Labute approximate surface area is 183 Å². The number of nitrogens with one attached hydrogen (secondary N) is 2. The number of rotatable bonds is 3. The molecule has 3 amide bonds. The molecule has 2 aliphatic heterocycles. The van der Waals surface area contributed by atoms with Crippen molar-refractivity contribution in [2.24, 2.45) is 0 Å². The van der Waals surface area contributed by atoms with Crippen LogP contribution in [0.1, 0.15) is 43.3 Å². The van der Waals surface area contributed by atoms with Gasteiger partial charge in [0.2, 0.25) is 5.91 Å². The number of carbonyl (C=O) groups excluding carboxylic acids is 3. The number of benzene rings is 1. The largest absolute Gasteiger partial charge is 0.354 e. The van der Waals surface area contributed by atoms with Crippen molar-refractivity contribution in [3.8, 4) is 0 Å². The summed E-state index contributed by atoms with van der Waals surface area (Å²) in [5.74, 6) is -0.220. The second-order valence-electron chi connectivity index (χ2n) is 7.98. The number of likely N-dealkylation sites (tertiary alicyclic amines) is 1. The number of amides is 3. The quantitative estimate of drug-likeness (QED) is 0.656. The lowest BCUT2D eigenvalue weighted by Crippen LogP contribution is -2.48. The van der Waals surface area contributed by atoms with Crippen LogP contribution in [0.3, 0.4) is 0 Å². The SMILES string of the molecule is CNC(=O)c1cc2c(s1)CCN(C(=O)[C@@H]1CCCN1C(=O)c1ccc3[nH]ncc3c1)C2. The summed E-state index contributed by atoms with van der Waals surface area (Å²) < 4.78 is 0. The molecule has 1 fully saturated rings. The molecule has 2 aromatic heterocycles. The van der Waals surface area contributed by atoms with E-state index in [0.29, 0.717) is 36.5 Å². The highest BCUT2D eigenvalue weighted by Gasteiger charge is 2.38. The van der Waals surface area contributed by atoms with Crippen molar-refractivity contribution in [2.75, 3.05) is 20.1 Å². The standard InChI is InChI=1S/C22H23N5O3S/c1-23-20(28)19-10-15-12-26(8-6-18(15)31-19)22(30)17-3-2-7-27(17)21(29)13-4-5-16-14(9-13)11-24-25-16/h4-5,9-11,17H,2-3,6-8,12H2,1H3,(H,23,28)(H,24,25)/t17-/m0/s1. The van der Waals surface area contributed by atoms with E-state index in [4.69, 9.17) is 0 Å². The molecule has 0 unspecified atom stereocenters. The van der Waals surface area contributed by atoms with E-state index in [0.717, 1.165) is 34.2 Å². The van der Waals surface area contributed by atoms with Gasteiger partial charge in [-0.05, 0) is 49.1 Å². The minimum absolute atomic E-state index is 0.00594. The third-order valence-corrected chi connectivity index (χ3v) is 7.35. The fraction of sp³-hybridized carbons (Fsp3) is 0.364. The van der Waals surface area contributed by atoms with Gasteiger partial charge in [-0.2, -0.15) is 5.10 Å². The number of carbonyl (C=O) groups is 3. The molecule has 0 radical (unpaired) electrons. The number of fused-ring (bicyclic) bond motifs is 2. The number of aromatic amines is 1. The lowest BCUT2D eigenvalue weighted by molar-refractivity contribution is -0.136. The Balaban J connectivity index is 1.33. The number of aromatic nitrogens is 2. The summed E-state index contributed by atoms with van der Waals surface area (Å²) in [5.41, 5.74) is 2.48. The topological polar surface area (TPSA) is 98.4 Å². The Morgan fingerprint density at radius 1 is 1.23 bits per heavy atom. The molecule has 0 saturated carbocycles. The van der Waals surface area contributed by atoms with Gasteiger partial charge in [0.25, 0.3) is 11.8 Å². The van der Waals surface area contributed by atoms with Gasteiger partial charge in [-0.3, -0.25) is 19.5 Å². The first kappa shape index (κ1) is 19.7. The van der Waals surface area contributed by atoms with Crippen LogP contribution in [0.2, 0.25) is 0 Å². The molecule has 9 heteroatoms. The lowest BCUT2D eigenvalue weighted by atomic mass is 10.1. The maximum Gasteiger partial charge on any atom is 0.261 e. The van der Waals surface area contributed by atoms with Crippen molar-refractivity contribution in [1.82, 2.24) is 25.3 Å². The molecule has 2 aliphatic rings. The van der Waals surface area contributed by atoms with Crippen LogP contribution >= 0.6 is 11.3 Å². The molecular formula is C22H23N5O3S. The highest BCUT2D eigenvalue weighted by molar-refractivity contribution is 7.14. The second kappa shape index (κ2) is 7.81. The lowest BCUT2D eigenvalue weighted by Gasteiger charge is -2.32. The maximum absolute atomic E-state index is 13.4. The van der Waals surface area contributed by atoms with Gasteiger partial charge in [0.1, 0.15) is 6.04 Å². The summed E-state index contributed by atoms with van der Waals surface area (Å²) in [6.45, 7) is 1.68. The maximum atomic E-state index is 13.4. The first-order valence-electron chi connectivity index (χ1n) is 10.4. The number of hydrogen-bond acceptors (Lipinski definition) is 5. The summed E-state index contributed by atoms with van der Waals surface area (Å²) >= 11 is 1.50. The first-order valence-corrected chi connectivity index (χ1v) is 11.2. The second-order valence-corrected chi connectivity index (χ2v) is 9.11. The molecule has 1 atom stereocenters. The summed E-state index contributed by atoms with van der Waals surface area (Å²) in [6.07, 6.45) is 3.92. The van der Waals surface area contributed by atoms with Crippen LogP contribution < -0.4 is 5.32 Å². The van der Waals surface area contributed by atoms with Crippen LogP contribution in [-0.4, -0.2) is 63.9 Å². The molecule has 0 aliphatic carbocycles. The molecule has 5 rings (SSSR count). The van der Waals surface area contributed by atoms with Gasteiger partial charge in [0.15, 0.2) is 0 Å². The number of H-pyrrole nitrogens is 1. The molecule has 8 nitrogen and oxygen atoms in total. The van der Waals surface area contributed by atoms with Gasteiger partial charge in [-0.25, -0.2) is 0 Å². The van der Waals surface area contributed by atoms with Gasteiger partial charge >= 0.3 is 0 Å². The average molecular weight is 438 g/mol. The van der Waals surface area contributed by atoms with Crippen LogP contribution in [0.5, 0.6) is 0 Å². The Morgan fingerprint density at radius 2 is 2.10 bits per heavy atom. The van der Waals surface area contributed by atoms with Gasteiger partial charge in [0, 0.05) is 42.5 Å². The Bertz CT molecular complexity index is 1180. The Hall–Kier alpha value is -3.20. The number of nitrogens with zero attached hydrogens (tertiary/aromatic N) is 3. The molecule has 0 spiro atoms. The van der Waals surface area contributed by atoms with E-state index >= 15 is 0 Å². The zero-order chi connectivity index (χ0) is 21.5. The van der Waals surface area contributed by atoms with Crippen molar-refractivity contribution in [3.63, 3.8) is 0 Å². The predicted molar refractivity (Wildman–Crippen MR) is 117 cm³/mol. The van der Waals surface area contributed by atoms with E-state index in [1.807, 2.05) is 23.1 Å². The Kier molecular flexibility index (Phi) is 4.97. The van der Waals surface area contributed by atoms with Gasteiger partial charge in [0.05, 0.1) is 16.6 Å². The van der Waals surface area contributed by atoms with E-state index in [1.54, 1.807) is 24.2 Å². The van der Waals surface area contributed by atoms with Gasteiger partial charge in [-0.1, -0.05) is 0 Å². The third kappa shape index (κ3) is 3.48. The smallest absolute Gasteiger partial charge is 0.261 e. The van der Waals surface area contributed by atoms with Crippen molar-refractivity contribution in [2.45, 2.75) is 31.8 Å². The van der Waals surface area contributed by atoms with Crippen LogP contribution in [-0.2, 0) is 17.8 Å². The first-order chi connectivity index (χ1) is 15.0. The molecule has 4 heterocycles. The zero-order valence-corrected chi connectivity index (χ0v) is 18.0. The summed E-state index contributed by atoms with van der Waals surface area (Å²) in [7, 11) is 1.62. The highest BCUT2D eigenvalue weighted by Crippen LogP contribution is 2.30.